The molecular weight excluding hydrogens is 263 g/mol. The van der Waals surface area contributed by atoms with E-state index >= 15 is 0 Å². The van der Waals surface area contributed by atoms with Crippen LogP contribution in [0.5, 0.6) is 11.5 Å². The highest BCUT2D eigenvalue weighted by Crippen LogP contribution is 2.29. The van der Waals surface area contributed by atoms with Crippen molar-refractivity contribution < 1.29 is 14.2 Å². The van der Waals surface area contributed by atoms with Crippen LogP contribution in [-0.4, -0.2) is 26.4 Å². The van der Waals surface area contributed by atoms with Crippen LogP contribution in [0, 0.1) is 0 Å². The maximum Gasteiger partial charge on any atom is 0.138 e. The van der Waals surface area contributed by atoms with Crippen molar-refractivity contribution in [2.45, 2.75) is 18.9 Å². The highest BCUT2D eigenvalue weighted by molar-refractivity contribution is 6.32. The minimum atomic E-state index is 0. The summed E-state index contributed by atoms with van der Waals surface area (Å²) in [4.78, 5) is 0. The van der Waals surface area contributed by atoms with Crippen LogP contribution in [0.25, 0.3) is 0 Å². The normalized spacial score (nSPS) is 18.6. The Morgan fingerprint density at radius 1 is 1.47 bits per heavy atom. The van der Waals surface area contributed by atoms with Crippen molar-refractivity contribution in [2.24, 2.45) is 0 Å². The molecule has 0 radical (unpaired) electrons. The van der Waals surface area contributed by atoms with Crippen LogP contribution in [0.1, 0.15) is 12.8 Å². The average molecular weight is 279 g/mol. The Balaban J connectivity index is 0.00000144. The average Bonchev–Trinajstić information content (AvgIpc) is 2.80. The Labute approximate surface area is 112 Å². The number of ether oxygens (including phenoxy) is 3. The molecule has 1 unspecified atom stereocenters. The van der Waals surface area contributed by atoms with Gasteiger partial charge >= 0.3 is 0 Å². The van der Waals surface area contributed by atoms with Crippen molar-refractivity contribution >= 4 is 24.0 Å². The van der Waals surface area contributed by atoms with Gasteiger partial charge in [0.15, 0.2) is 0 Å². The van der Waals surface area contributed by atoms with Crippen LogP contribution in [0.2, 0.25) is 5.02 Å². The van der Waals surface area contributed by atoms with Gasteiger partial charge in [-0.3, -0.25) is 0 Å². The molecule has 1 aromatic carbocycles. The molecule has 0 saturated carbocycles. The second-order valence-corrected chi connectivity index (χ2v) is 4.15. The van der Waals surface area contributed by atoms with Gasteiger partial charge < -0.3 is 14.2 Å². The number of hydrogen-bond donors (Lipinski definition) is 0. The quantitative estimate of drug-likeness (QED) is 0.846. The van der Waals surface area contributed by atoms with E-state index in [0.717, 1.165) is 25.2 Å². The predicted octanol–water partition coefficient (Wildman–Crippen LogP) is 3.33. The Morgan fingerprint density at radius 3 is 2.88 bits per heavy atom. The van der Waals surface area contributed by atoms with Crippen LogP contribution < -0.4 is 9.47 Å². The van der Waals surface area contributed by atoms with E-state index in [1.165, 1.54) is 0 Å². The zero-order valence-corrected chi connectivity index (χ0v) is 11.2. The molecule has 2 rings (SSSR count). The molecule has 1 aromatic rings. The lowest BCUT2D eigenvalue weighted by Gasteiger charge is -2.12. The van der Waals surface area contributed by atoms with E-state index < -0.39 is 0 Å². The van der Waals surface area contributed by atoms with E-state index in [2.05, 4.69) is 0 Å². The van der Waals surface area contributed by atoms with Crippen molar-refractivity contribution in [2.75, 3.05) is 20.3 Å². The zero-order chi connectivity index (χ0) is 11.4. The van der Waals surface area contributed by atoms with Gasteiger partial charge in [0.2, 0.25) is 0 Å². The van der Waals surface area contributed by atoms with Crippen molar-refractivity contribution in [1.29, 1.82) is 0 Å². The summed E-state index contributed by atoms with van der Waals surface area (Å²) in [6.07, 6.45) is 2.39. The van der Waals surface area contributed by atoms with Gasteiger partial charge in [0.1, 0.15) is 18.1 Å². The summed E-state index contributed by atoms with van der Waals surface area (Å²) < 4.78 is 16.1. The van der Waals surface area contributed by atoms with E-state index in [1.807, 2.05) is 12.1 Å². The fourth-order valence-electron chi connectivity index (χ4n) is 1.68. The molecule has 96 valence electrons. The van der Waals surface area contributed by atoms with Crippen LogP contribution in [0.15, 0.2) is 18.2 Å². The minimum absolute atomic E-state index is 0. The third kappa shape index (κ3) is 3.95. The molecule has 1 aliphatic rings. The molecule has 1 saturated heterocycles. The second kappa shape index (κ2) is 6.94. The van der Waals surface area contributed by atoms with E-state index in [-0.39, 0.29) is 18.5 Å². The molecule has 0 N–H and O–H groups in total. The van der Waals surface area contributed by atoms with E-state index in [9.17, 15) is 0 Å². The Morgan fingerprint density at radius 2 is 2.29 bits per heavy atom. The Hall–Kier alpha value is -0.640. The molecule has 0 bridgehead atoms. The number of methoxy groups -OCH3 is 1. The molecule has 0 amide bonds. The molecule has 1 atom stereocenters. The summed E-state index contributed by atoms with van der Waals surface area (Å²) >= 11 is 6.05. The first-order valence-electron chi connectivity index (χ1n) is 5.37. The Bertz CT molecular complexity index is 352. The highest BCUT2D eigenvalue weighted by atomic mass is 35.5. The molecule has 0 aromatic heterocycles. The smallest absolute Gasteiger partial charge is 0.138 e. The topological polar surface area (TPSA) is 27.7 Å². The van der Waals surface area contributed by atoms with Gasteiger partial charge in [0.25, 0.3) is 0 Å². The number of benzene rings is 1. The summed E-state index contributed by atoms with van der Waals surface area (Å²) in [5.74, 6) is 1.41. The molecular formula is C12H16Cl2O3. The fraction of sp³-hybridized carbons (Fsp3) is 0.500. The first-order valence-corrected chi connectivity index (χ1v) is 5.75. The van der Waals surface area contributed by atoms with Gasteiger partial charge in [-0.1, -0.05) is 11.6 Å². The highest BCUT2D eigenvalue weighted by Gasteiger charge is 2.16. The lowest BCUT2D eigenvalue weighted by molar-refractivity contribution is 0.0680. The maximum absolute atomic E-state index is 6.05. The van der Waals surface area contributed by atoms with Gasteiger partial charge in [0, 0.05) is 12.7 Å². The minimum Gasteiger partial charge on any atom is -0.497 e. The summed E-state index contributed by atoms with van der Waals surface area (Å²) in [7, 11) is 1.61. The number of halogens is 2. The van der Waals surface area contributed by atoms with Crippen LogP contribution >= 0.6 is 24.0 Å². The number of hydrogen-bond acceptors (Lipinski definition) is 3. The maximum atomic E-state index is 6.05. The van der Waals surface area contributed by atoms with Gasteiger partial charge in [-0.05, 0) is 25.0 Å². The van der Waals surface area contributed by atoms with Crippen molar-refractivity contribution in [3.05, 3.63) is 23.2 Å². The van der Waals surface area contributed by atoms with Gasteiger partial charge in [0.05, 0.1) is 18.2 Å². The molecule has 1 aliphatic heterocycles. The molecule has 1 heterocycles. The fourth-order valence-corrected chi connectivity index (χ4v) is 1.91. The van der Waals surface area contributed by atoms with Crippen LogP contribution in [0.3, 0.4) is 0 Å². The molecule has 0 aliphatic carbocycles. The summed E-state index contributed by atoms with van der Waals surface area (Å²) in [6.45, 7) is 1.40. The van der Waals surface area contributed by atoms with Gasteiger partial charge in [-0.15, -0.1) is 12.4 Å². The summed E-state index contributed by atoms with van der Waals surface area (Å²) in [6, 6.07) is 5.39. The van der Waals surface area contributed by atoms with Crippen LogP contribution in [0.4, 0.5) is 0 Å². The monoisotopic (exact) mass is 278 g/mol. The second-order valence-electron chi connectivity index (χ2n) is 3.74. The molecule has 5 heteroatoms. The predicted molar refractivity (Wildman–Crippen MR) is 69.7 cm³/mol. The van der Waals surface area contributed by atoms with Crippen molar-refractivity contribution in [3.8, 4) is 11.5 Å². The van der Waals surface area contributed by atoms with Gasteiger partial charge in [-0.2, -0.15) is 0 Å². The Kier molecular flexibility index (Phi) is 5.89. The van der Waals surface area contributed by atoms with E-state index in [1.54, 1.807) is 13.2 Å². The number of rotatable bonds is 4. The summed E-state index contributed by atoms with van der Waals surface area (Å²) in [5, 5.41) is 0.567. The van der Waals surface area contributed by atoms with E-state index in [0.29, 0.717) is 17.4 Å². The van der Waals surface area contributed by atoms with Crippen LogP contribution in [-0.2, 0) is 4.74 Å². The molecule has 1 fully saturated rings. The molecule has 3 nitrogen and oxygen atoms in total. The third-order valence-corrected chi connectivity index (χ3v) is 2.88. The first-order chi connectivity index (χ1) is 7.79. The zero-order valence-electron chi connectivity index (χ0n) is 9.65. The lowest BCUT2D eigenvalue weighted by Crippen LogP contribution is -2.16. The van der Waals surface area contributed by atoms with Gasteiger partial charge in [-0.25, -0.2) is 0 Å². The standard InChI is InChI=1S/C12H15ClO3.ClH/c1-14-9-4-5-12(11(13)7-9)16-8-10-3-2-6-15-10;/h4-5,7,10H,2-3,6,8H2,1H3;1H. The molecule has 17 heavy (non-hydrogen) atoms. The third-order valence-electron chi connectivity index (χ3n) is 2.59. The largest absolute Gasteiger partial charge is 0.497 e. The SMILES string of the molecule is COc1ccc(OCC2CCCO2)c(Cl)c1.Cl. The van der Waals surface area contributed by atoms with Crippen molar-refractivity contribution in [3.63, 3.8) is 0 Å². The first kappa shape index (κ1) is 14.4. The van der Waals surface area contributed by atoms with Crippen molar-refractivity contribution in [1.82, 2.24) is 0 Å². The summed E-state index contributed by atoms with van der Waals surface area (Å²) in [5.41, 5.74) is 0. The van der Waals surface area contributed by atoms with E-state index in [4.69, 9.17) is 25.8 Å². The lowest BCUT2D eigenvalue weighted by atomic mass is 10.2. The molecule has 0 spiro atoms.